The fourth-order valence-corrected chi connectivity index (χ4v) is 10.8. The summed E-state index contributed by atoms with van der Waals surface area (Å²) in [6.07, 6.45) is 9.96. The maximum absolute atomic E-state index is 14.1. The lowest BCUT2D eigenvalue weighted by Gasteiger charge is -2.39. The number of nitrogens with one attached hydrogen (secondary N) is 3. The fourth-order valence-electron chi connectivity index (χ4n) is 9.70. The number of anilines is 2. The number of aliphatic hydroxyl groups is 1. The van der Waals surface area contributed by atoms with Gasteiger partial charge in [0.05, 0.1) is 33.7 Å². The van der Waals surface area contributed by atoms with E-state index in [9.17, 15) is 28.4 Å². The number of amides is 1. The minimum atomic E-state index is -4.66. The van der Waals surface area contributed by atoms with Crippen LogP contribution in [0.25, 0.3) is 16.6 Å². The number of carbonyl (C=O) groups is 1. The number of hydrogen-bond donors (Lipinski definition) is 4. The first-order valence-electron chi connectivity index (χ1n) is 22.3. The standard InChI is InChI=1S/C48H54ClN7O8S/c1-48(2)15-13-33(41(26-48)31-5-7-34(49)8-6-31)28-54-17-19-55(20-18-54)36-9-12-40(43(23-36)64-38-22-32-14-16-50-46(32)51-27-38)47(58)53-65(61,62)39-24-42(56(59)60)45-44(25-39)63-29-35(52-45)21-30-3-10-37(57)11-4-30/h5-9,12,14,16,22-25,27,30,35,37,52,57H,3-4,10-11,13,15,17-21,26,28-29H2,1-2H3,(H,50,51)(H,53,58)/t30?,35-,37?/m0/s1. The molecule has 17 heteroatoms. The molecule has 4 N–H and O–H groups in total. The second-order valence-corrected chi connectivity index (χ2v) is 20.8. The zero-order valence-corrected chi connectivity index (χ0v) is 38.1. The first-order chi connectivity index (χ1) is 31.2. The van der Waals surface area contributed by atoms with Crippen molar-refractivity contribution in [2.75, 3.05) is 49.5 Å². The van der Waals surface area contributed by atoms with Crippen molar-refractivity contribution >= 4 is 61.2 Å². The summed E-state index contributed by atoms with van der Waals surface area (Å²) in [7, 11) is -4.66. The SMILES string of the molecule is CC1(C)CCC(CN2CCN(c3ccc(C(=O)NS(=O)(=O)c4cc5c(c([N+](=O)[O-])c4)N[C@@H](CC4CCC(O)CC4)CO5)c(Oc4cnc5[nH]ccc5c4)c3)CC2)=C(c2ccc(Cl)cc2)C1. The molecule has 1 amide bonds. The lowest BCUT2D eigenvalue weighted by Crippen LogP contribution is -2.47. The summed E-state index contributed by atoms with van der Waals surface area (Å²) in [5, 5.41) is 27.0. The van der Waals surface area contributed by atoms with E-state index in [4.69, 9.17) is 21.1 Å². The number of hydrogen-bond acceptors (Lipinski definition) is 12. The lowest BCUT2D eigenvalue weighted by atomic mass is 9.72. The first kappa shape index (κ1) is 44.5. The smallest absolute Gasteiger partial charge is 0.297 e. The van der Waals surface area contributed by atoms with Gasteiger partial charge in [0.15, 0.2) is 11.4 Å². The minimum Gasteiger partial charge on any atom is -0.489 e. The quantitative estimate of drug-likeness (QED) is 0.0687. The Morgan fingerprint density at radius 3 is 2.57 bits per heavy atom. The molecule has 4 aliphatic rings. The number of nitrogens with zero attached hydrogens (tertiary/aromatic N) is 4. The number of benzene rings is 3. The van der Waals surface area contributed by atoms with E-state index in [1.807, 2.05) is 18.2 Å². The number of rotatable bonds is 12. The molecule has 0 radical (unpaired) electrons. The van der Waals surface area contributed by atoms with Crippen LogP contribution in [-0.2, 0) is 10.0 Å². The third kappa shape index (κ3) is 10.1. The number of ether oxygens (including phenoxy) is 2. The van der Waals surface area contributed by atoms with E-state index in [1.165, 1.54) is 35.0 Å². The molecule has 5 aromatic rings. The highest BCUT2D eigenvalue weighted by Gasteiger charge is 2.34. The number of pyridine rings is 1. The summed E-state index contributed by atoms with van der Waals surface area (Å²) < 4.78 is 42.3. The van der Waals surface area contributed by atoms with Gasteiger partial charge < -0.3 is 29.8 Å². The zero-order chi connectivity index (χ0) is 45.5. The number of aliphatic hydroxyl groups excluding tert-OH is 1. The average Bonchev–Trinajstić information content (AvgIpc) is 3.76. The average molecular weight is 925 g/mol. The van der Waals surface area contributed by atoms with Gasteiger partial charge in [-0.05, 0) is 110 Å². The van der Waals surface area contributed by atoms with E-state index in [0.717, 1.165) is 73.9 Å². The van der Waals surface area contributed by atoms with E-state index in [2.05, 4.69) is 55.8 Å². The first-order valence-corrected chi connectivity index (χ1v) is 24.2. The fraction of sp³-hybridized carbons (Fsp3) is 0.417. The molecule has 15 nitrogen and oxygen atoms in total. The number of carbonyl (C=O) groups excluding carboxylic acids is 1. The Morgan fingerprint density at radius 1 is 1.05 bits per heavy atom. The molecule has 2 aliphatic heterocycles. The summed E-state index contributed by atoms with van der Waals surface area (Å²) in [6.45, 7) is 8.76. The number of piperazine rings is 1. The van der Waals surface area contributed by atoms with Crippen LogP contribution in [0.15, 0.2) is 89.6 Å². The highest BCUT2D eigenvalue weighted by molar-refractivity contribution is 7.90. The Kier molecular flexibility index (Phi) is 12.5. The van der Waals surface area contributed by atoms with Gasteiger partial charge in [0.2, 0.25) is 0 Å². The molecular formula is C48H54ClN7O8S. The van der Waals surface area contributed by atoms with Crippen molar-refractivity contribution in [1.29, 1.82) is 0 Å². The molecule has 1 saturated heterocycles. The van der Waals surface area contributed by atoms with Crippen LogP contribution in [0.2, 0.25) is 5.02 Å². The summed E-state index contributed by atoms with van der Waals surface area (Å²) in [5.74, 6) is -0.201. The number of nitro groups is 1. The molecular weight excluding hydrogens is 870 g/mol. The van der Waals surface area contributed by atoms with E-state index < -0.39 is 31.4 Å². The van der Waals surface area contributed by atoms with Gasteiger partial charge in [-0.25, -0.2) is 18.1 Å². The summed E-state index contributed by atoms with van der Waals surface area (Å²) in [6, 6.07) is 18.7. The minimum absolute atomic E-state index is 0.00451. The van der Waals surface area contributed by atoms with Crippen LogP contribution >= 0.6 is 11.6 Å². The third-order valence-corrected chi connectivity index (χ3v) is 14.9. The molecule has 0 bridgehead atoms. The number of aromatic amines is 1. The lowest BCUT2D eigenvalue weighted by molar-refractivity contribution is -0.384. The number of halogens is 1. The summed E-state index contributed by atoms with van der Waals surface area (Å²) in [4.78, 5) is 37.4. The van der Waals surface area contributed by atoms with Crippen LogP contribution in [-0.4, -0.2) is 90.7 Å². The Hall–Kier alpha value is -5.68. The predicted octanol–water partition coefficient (Wildman–Crippen LogP) is 8.94. The van der Waals surface area contributed by atoms with E-state index in [1.54, 1.807) is 24.4 Å². The van der Waals surface area contributed by atoms with Crippen molar-refractivity contribution in [1.82, 2.24) is 19.6 Å². The van der Waals surface area contributed by atoms with Crippen molar-refractivity contribution in [2.45, 2.75) is 82.3 Å². The van der Waals surface area contributed by atoms with Gasteiger partial charge in [-0.2, -0.15) is 0 Å². The molecule has 342 valence electrons. The van der Waals surface area contributed by atoms with Crippen molar-refractivity contribution in [3.05, 3.63) is 111 Å². The number of sulfonamides is 1. The van der Waals surface area contributed by atoms with Crippen molar-refractivity contribution in [2.24, 2.45) is 11.3 Å². The van der Waals surface area contributed by atoms with Crippen molar-refractivity contribution < 1.29 is 32.7 Å². The third-order valence-electron chi connectivity index (χ3n) is 13.4. The van der Waals surface area contributed by atoms with E-state index >= 15 is 0 Å². The molecule has 3 aromatic carbocycles. The zero-order valence-electron chi connectivity index (χ0n) is 36.5. The second-order valence-electron chi connectivity index (χ2n) is 18.6. The van der Waals surface area contributed by atoms with Crippen molar-refractivity contribution in [3.63, 3.8) is 0 Å². The molecule has 1 atom stereocenters. The van der Waals surface area contributed by atoms with Crippen molar-refractivity contribution in [3.8, 4) is 17.2 Å². The van der Waals surface area contributed by atoms with Crippen LogP contribution in [0, 0.1) is 21.4 Å². The van der Waals surface area contributed by atoms with Crippen LogP contribution in [0.4, 0.5) is 17.1 Å². The van der Waals surface area contributed by atoms with Gasteiger partial charge in [0, 0.05) is 73.2 Å². The number of H-pyrrole nitrogens is 1. The van der Waals surface area contributed by atoms with E-state index in [-0.39, 0.29) is 46.9 Å². The number of fused-ring (bicyclic) bond motifs is 2. The van der Waals surface area contributed by atoms with Gasteiger partial charge in [0.1, 0.15) is 23.8 Å². The van der Waals surface area contributed by atoms with Gasteiger partial charge in [0.25, 0.3) is 21.6 Å². The molecule has 0 unspecified atom stereocenters. The molecule has 9 rings (SSSR count). The highest BCUT2D eigenvalue weighted by atomic mass is 35.5. The highest BCUT2D eigenvalue weighted by Crippen LogP contribution is 2.44. The summed E-state index contributed by atoms with van der Waals surface area (Å²) >= 11 is 6.25. The number of allylic oxidation sites excluding steroid dienone is 1. The van der Waals surface area contributed by atoms with Gasteiger partial charge in [-0.15, -0.1) is 0 Å². The Bertz CT molecular complexity index is 2740. The molecule has 0 spiro atoms. The number of nitro benzene ring substituents is 1. The summed E-state index contributed by atoms with van der Waals surface area (Å²) in [5.41, 5.74) is 5.30. The monoisotopic (exact) mass is 923 g/mol. The van der Waals surface area contributed by atoms with Gasteiger partial charge in [-0.1, -0.05) is 43.2 Å². The Labute approximate surface area is 383 Å². The number of aromatic nitrogens is 2. The van der Waals surface area contributed by atoms with E-state index in [0.29, 0.717) is 49.7 Å². The molecule has 1 saturated carbocycles. The molecule has 2 aromatic heterocycles. The molecule has 2 fully saturated rings. The van der Waals surface area contributed by atoms with Gasteiger partial charge in [-0.3, -0.25) is 19.8 Å². The molecule has 65 heavy (non-hydrogen) atoms. The Balaban J connectivity index is 0.933. The topological polar surface area (TPSA) is 192 Å². The van der Waals surface area contributed by atoms with Gasteiger partial charge >= 0.3 is 0 Å². The molecule has 2 aliphatic carbocycles. The predicted molar refractivity (Wildman–Crippen MR) is 251 cm³/mol. The molecule has 4 heterocycles. The van der Waals surface area contributed by atoms with Crippen LogP contribution in [0.5, 0.6) is 17.2 Å². The second kappa shape index (κ2) is 18.3. The van der Waals surface area contributed by atoms with Crippen LogP contribution < -0.4 is 24.4 Å². The Morgan fingerprint density at radius 2 is 1.82 bits per heavy atom. The normalized spacial score (nSPS) is 21.3. The largest absolute Gasteiger partial charge is 0.489 e. The van der Waals surface area contributed by atoms with Crippen LogP contribution in [0.1, 0.15) is 81.1 Å². The maximum atomic E-state index is 14.1. The van der Waals surface area contributed by atoms with Crippen LogP contribution in [0.3, 0.4) is 0 Å². The maximum Gasteiger partial charge on any atom is 0.297 e.